The normalized spacial score (nSPS) is 11.5. The first-order valence-electron chi connectivity index (χ1n) is 15.0. The number of nitrogens with zero attached hydrogens (tertiary/aromatic N) is 4. The van der Waals surface area contributed by atoms with E-state index < -0.39 is 0 Å². The van der Waals surface area contributed by atoms with Gasteiger partial charge in [0.25, 0.3) is 0 Å². The Balaban J connectivity index is 1.38. The van der Waals surface area contributed by atoms with Gasteiger partial charge in [-0.15, -0.1) is 22.7 Å². The predicted molar refractivity (Wildman–Crippen MR) is 193 cm³/mol. The number of pyridine rings is 2. The van der Waals surface area contributed by atoms with Crippen LogP contribution in [0.1, 0.15) is 0 Å². The van der Waals surface area contributed by atoms with E-state index in [2.05, 4.69) is 119 Å². The van der Waals surface area contributed by atoms with Gasteiger partial charge in [0.05, 0.1) is 32.2 Å². The summed E-state index contributed by atoms with van der Waals surface area (Å²) in [5, 5.41) is 7.24. The van der Waals surface area contributed by atoms with E-state index in [-0.39, 0.29) is 0 Å². The molecule has 46 heavy (non-hydrogen) atoms. The molecule has 4 nitrogen and oxygen atoms in total. The Hall–Kier alpha value is -5.56. The van der Waals surface area contributed by atoms with E-state index in [1.54, 1.807) is 22.7 Å². The Bertz CT molecular complexity index is 2530. The summed E-state index contributed by atoms with van der Waals surface area (Å²) in [5.74, 6) is 0. The quantitative estimate of drug-likeness (QED) is 0.179. The van der Waals surface area contributed by atoms with Gasteiger partial charge in [-0.3, -0.25) is 19.9 Å². The van der Waals surface area contributed by atoms with E-state index in [0.717, 1.165) is 32.3 Å². The first-order chi connectivity index (χ1) is 22.8. The summed E-state index contributed by atoms with van der Waals surface area (Å²) in [6.07, 6.45) is 7.60. The van der Waals surface area contributed by atoms with Crippen molar-refractivity contribution in [3.05, 3.63) is 145 Å². The molecule has 0 unspecified atom stereocenters. The molecule has 216 valence electrons. The summed E-state index contributed by atoms with van der Waals surface area (Å²) in [6, 6.07) is 39.5. The van der Waals surface area contributed by atoms with E-state index >= 15 is 0 Å². The number of rotatable bonds is 5. The first-order valence-corrected chi connectivity index (χ1v) is 16.7. The smallest absolute Gasteiger partial charge is 0.0824 e. The summed E-state index contributed by atoms with van der Waals surface area (Å²) in [5.41, 5.74) is 12.6. The number of benzene rings is 5. The van der Waals surface area contributed by atoms with Crippen LogP contribution in [-0.4, -0.2) is 19.9 Å². The van der Waals surface area contributed by atoms with Crippen molar-refractivity contribution >= 4 is 55.0 Å². The van der Waals surface area contributed by atoms with Crippen molar-refractivity contribution in [2.24, 2.45) is 0 Å². The Kier molecular flexibility index (Phi) is 6.47. The van der Waals surface area contributed by atoms with Crippen LogP contribution < -0.4 is 0 Å². The Morgan fingerprint density at radius 3 is 1.63 bits per heavy atom. The molecule has 9 aromatic rings. The summed E-state index contributed by atoms with van der Waals surface area (Å²) in [4.78, 5) is 20.2. The maximum absolute atomic E-state index is 4.73. The van der Waals surface area contributed by atoms with Gasteiger partial charge in [-0.25, -0.2) is 0 Å². The zero-order chi connectivity index (χ0) is 30.5. The van der Waals surface area contributed by atoms with Gasteiger partial charge in [-0.05, 0) is 96.0 Å². The highest BCUT2D eigenvalue weighted by Crippen LogP contribution is 2.46. The lowest BCUT2D eigenvalue weighted by atomic mass is 9.84. The average molecular weight is 625 g/mol. The highest BCUT2D eigenvalue weighted by atomic mass is 32.1. The van der Waals surface area contributed by atoms with Crippen LogP contribution in [0.4, 0.5) is 0 Å². The molecule has 0 radical (unpaired) electrons. The van der Waals surface area contributed by atoms with E-state index in [9.17, 15) is 0 Å². The molecular weight excluding hydrogens is 601 g/mol. The SMILES string of the molecule is c1ccc2c(-c3ccc4c(-c5ccnc(-c6cncs6)c5)c5ccccc5c(-c5ccnc(-c6cncs6)c5)c4c3)cccc2c1. The second-order valence-electron chi connectivity index (χ2n) is 11.2. The molecule has 0 amide bonds. The molecular formula is C40H24N4S2. The molecule has 5 aromatic carbocycles. The van der Waals surface area contributed by atoms with Gasteiger partial charge in [0, 0.05) is 24.8 Å². The monoisotopic (exact) mass is 624 g/mol. The van der Waals surface area contributed by atoms with Crippen molar-refractivity contribution in [1.29, 1.82) is 0 Å². The number of fused-ring (bicyclic) bond motifs is 3. The van der Waals surface area contributed by atoms with Crippen LogP contribution >= 0.6 is 22.7 Å². The highest BCUT2D eigenvalue weighted by Gasteiger charge is 2.19. The third-order valence-corrected chi connectivity index (χ3v) is 10.2. The number of thiazole rings is 2. The van der Waals surface area contributed by atoms with Crippen LogP contribution in [0.2, 0.25) is 0 Å². The van der Waals surface area contributed by atoms with Crippen LogP contribution in [0.5, 0.6) is 0 Å². The molecule has 0 bridgehead atoms. The fourth-order valence-corrected chi connectivity index (χ4v) is 7.75. The van der Waals surface area contributed by atoms with Crippen molar-refractivity contribution in [2.45, 2.75) is 0 Å². The van der Waals surface area contributed by atoms with Crippen molar-refractivity contribution in [1.82, 2.24) is 19.9 Å². The van der Waals surface area contributed by atoms with Crippen LogP contribution in [0, 0.1) is 0 Å². The Morgan fingerprint density at radius 2 is 1.00 bits per heavy atom. The third-order valence-electron chi connectivity index (χ3n) is 8.59. The molecule has 0 atom stereocenters. The van der Waals surface area contributed by atoms with Crippen molar-refractivity contribution in [2.75, 3.05) is 0 Å². The molecule has 6 heteroatoms. The molecule has 0 aliphatic heterocycles. The highest BCUT2D eigenvalue weighted by molar-refractivity contribution is 7.13. The van der Waals surface area contributed by atoms with Crippen molar-refractivity contribution in [3.8, 4) is 54.5 Å². The van der Waals surface area contributed by atoms with Crippen LogP contribution in [0.25, 0.3) is 86.8 Å². The fraction of sp³-hybridized carbons (Fsp3) is 0. The summed E-state index contributed by atoms with van der Waals surface area (Å²) in [6.45, 7) is 0. The molecule has 0 saturated heterocycles. The van der Waals surface area contributed by atoms with E-state index in [1.165, 1.54) is 54.6 Å². The average Bonchev–Trinajstić information content (AvgIpc) is 3.86. The lowest BCUT2D eigenvalue weighted by molar-refractivity contribution is 1.33. The zero-order valence-electron chi connectivity index (χ0n) is 24.5. The molecule has 0 aliphatic carbocycles. The molecule has 4 heterocycles. The van der Waals surface area contributed by atoms with Gasteiger partial charge in [0.2, 0.25) is 0 Å². The van der Waals surface area contributed by atoms with E-state index in [0.29, 0.717) is 0 Å². The van der Waals surface area contributed by atoms with E-state index in [1.807, 2.05) is 35.8 Å². The number of hydrogen-bond acceptors (Lipinski definition) is 6. The van der Waals surface area contributed by atoms with Gasteiger partial charge < -0.3 is 0 Å². The summed E-state index contributed by atoms with van der Waals surface area (Å²) >= 11 is 3.21. The first kappa shape index (κ1) is 26.8. The van der Waals surface area contributed by atoms with Crippen molar-refractivity contribution < 1.29 is 0 Å². The largest absolute Gasteiger partial charge is 0.255 e. The lowest BCUT2D eigenvalue weighted by Crippen LogP contribution is -1.93. The minimum Gasteiger partial charge on any atom is -0.255 e. The molecule has 0 aliphatic rings. The molecule has 0 saturated carbocycles. The summed E-state index contributed by atoms with van der Waals surface area (Å²) in [7, 11) is 0. The minimum atomic E-state index is 0.926. The van der Waals surface area contributed by atoms with E-state index in [4.69, 9.17) is 9.97 Å². The maximum atomic E-state index is 4.73. The Morgan fingerprint density at radius 1 is 0.435 bits per heavy atom. The number of hydrogen-bond donors (Lipinski definition) is 0. The van der Waals surface area contributed by atoms with Gasteiger partial charge in [0.15, 0.2) is 0 Å². The second-order valence-corrected chi connectivity index (χ2v) is 12.9. The van der Waals surface area contributed by atoms with Crippen LogP contribution in [-0.2, 0) is 0 Å². The third kappa shape index (κ3) is 4.50. The lowest BCUT2D eigenvalue weighted by Gasteiger charge is -2.19. The molecule has 4 aromatic heterocycles. The van der Waals surface area contributed by atoms with Gasteiger partial charge in [-0.1, -0.05) is 78.9 Å². The topological polar surface area (TPSA) is 51.6 Å². The van der Waals surface area contributed by atoms with Crippen LogP contribution in [0.15, 0.2) is 145 Å². The minimum absolute atomic E-state index is 0.926. The standard InChI is InChI=1S/C40H24N4S2/c1-2-8-29-25(6-1)7-5-11-30(29)26-12-13-33-34(18-26)40(28-15-17-44-36(20-28)38-22-42-24-46-38)32-10-4-3-9-31(32)39(33)27-14-16-43-35(19-27)37-21-41-23-45-37/h1-24H. The molecule has 9 rings (SSSR count). The fourth-order valence-electron chi connectivity index (χ4n) is 6.57. The molecule has 0 fully saturated rings. The predicted octanol–water partition coefficient (Wildman–Crippen LogP) is 11.2. The number of aromatic nitrogens is 4. The Labute approximate surface area is 273 Å². The molecule has 0 N–H and O–H groups in total. The van der Waals surface area contributed by atoms with Gasteiger partial charge >= 0.3 is 0 Å². The van der Waals surface area contributed by atoms with Crippen molar-refractivity contribution in [3.63, 3.8) is 0 Å². The van der Waals surface area contributed by atoms with Crippen LogP contribution in [0.3, 0.4) is 0 Å². The zero-order valence-corrected chi connectivity index (χ0v) is 26.1. The summed E-state index contributed by atoms with van der Waals surface area (Å²) < 4.78 is 0. The molecule has 0 spiro atoms. The second kappa shape index (κ2) is 11.1. The maximum Gasteiger partial charge on any atom is 0.0824 e. The van der Waals surface area contributed by atoms with Gasteiger partial charge in [-0.2, -0.15) is 0 Å². The van der Waals surface area contributed by atoms with Gasteiger partial charge in [0.1, 0.15) is 0 Å².